The number of imide groups is 1. The summed E-state index contributed by atoms with van der Waals surface area (Å²) in [7, 11) is 1.52. The van der Waals surface area contributed by atoms with Crippen LogP contribution >= 0.6 is 11.8 Å². The average Bonchev–Trinajstić information content (AvgIpc) is 2.86. The fraction of sp³-hybridized carbons (Fsp3) is 0.158. The predicted octanol–water partition coefficient (Wildman–Crippen LogP) is 3.95. The highest BCUT2D eigenvalue weighted by molar-refractivity contribution is 8.18. The number of ether oxygens (including phenoxy) is 1. The summed E-state index contributed by atoms with van der Waals surface area (Å²) in [5, 5.41) is 9.64. The third kappa shape index (κ3) is 3.53. The molecule has 0 unspecified atom stereocenters. The third-order valence-electron chi connectivity index (χ3n) is 3.98. The number of phenolic OH excluding ortho intramolecular Hbond substituents is 1. The first-order valence-electron chi connectivity index (χ1n) is 7.66. The second-order valence-electron chi connectivity index (χ2n) is 5.62. The van der Waals surface area contributed by atoms with Gasteiger partial charge in [-0.05, 0) is 54.1 Å². The number of hydrogen-bond acceptors (Lipinski definition) is 5. The highest BCUT2D eigenvalue weighted by atomic mass is 32.2. The normalized spacial score (nSPS) is 15.9. The van der Waals surface area contributed by atoms with E-state index in [2.05, 4.69) is 0 Å². The molecule has 0 aliphatic carbocycles. The van der Waals surface area contributed by atoms with E-state index in [1.165, 1.54) is 24.2 Å². The molecule has 2 aromatic rings. The van der Waals surface area contributed by atoms with Gasteiger partial charge in [-0.1, -0.05) is 24.3 Å². The van der Waals surface area contributed by atoms with Crippen LogP contribution in [0.15, 0.2) is 47.4 Å². The zero-order valence-electron chi connectivity index (χ0n) is 13.9. The molecule has 0 radical (unpaired) electrons. The first-order valence-corrected chi connectivity index (χ1v) is 8.48. The molecule has 6 heteroatoms. The maximum atomic E-state index is 12.6. The molecule has 3 rings (SSSR count). The van der Waals surface area contributed by atoms with Crippen molar-refractivity contribution < 1.29 is 19.4 Å². The van der Waals surface area contributed by atoms with Gasteiger partial charge in [0, 0.05) is 5.56 Å². The van der Waals surface area contributed by atoms with Crippen molar-refractivity contribution in [3.8, 4) is 11.5 Å². The zero-order chi connectivity index (χ0) is 18.0. The van der Waals surface area contributed by atoms with Crippen LogP contribution in [0, 0.1) is 6.92 Å². The summed E-state index contributed by atoms with van der Waals surface area (Å²) in [6, 6.07) is 12.4. The minimum Gasteiger partial charge on any atom is -0.507 e. The number of carbonyl (C=O) groups is 2. The fourth-order valence-corrected chi connectivity index (χ4v) is 3.34. The second-order valence-corrected chi connectivity index (χ2v) is 6.61. The maximum Gasteiger partial charge on any atom is 0.293 e. The molecule has 0 atom stereocenters. The molecule has 2 aromatic carbocycles. The maximum absolute atomic E-state index is 12.6. The van der Waals surface area contributed by atoms with Gasteiger partial charge in [-0.25, -0.2) is 0 Å². The minimum atomic E-state index is -0.361. The molecule has 1 aliphatic heterocycles. The van der Waals surface area contributed by atoms with Crippen molar-refractivity contribution in [2.24, 2.45) is 0 Å². The van der Waals surface area contributed by atoms with Gasteiger partial charge in [0.05, 0.1) is 18.6 Å². The van der Waals surface area contributed by atoms with Crippen LogP contribution in [0.1, 0.15) is 16.7 Å². The van der Waals surface area contributed by atoms with Crippen LogP contribution in [-0.4, -0.2) is 28.3 Å². The topological polar surface area (TPSA) is 66.8 Å². The number of rotatable bonds is 4. The number of amides is 2. The molecule has 0 bridgehead atoms. The van der Waals surface area contributed by atoms with Crippen molar-refractivity contribution in [2.75, 3.05) is 7.11 Å². The van der Waals surface area contributed by atoms with Crippen LogP contribution in [-0.2, 0) is 11.3 Å². The number of phenols is 1. The number of nitrogens with zero attached hydrogens (tertiary/aromatic N) is 1. The number of carbonyl (C=O) groups excluding carboxylic acids is 2. The summed E-state index contributed by atoms with van der Waals surface area (Å²) in [6.45, 7) is 2.18. The van der Waals surface area contributed by atoms with Crippen molar-refractivity contribution in [1.29, 1.82) is 0 Å². The minimum absolute atomic E-state index is 0.0199. The highest BCUT2D eigenvalue weighted by Gasteiger charge is 2.35. The summed E-state index contributed by atoms with van der Waals surface area (Å²) in [5.41, 5.74) is 2.38. The van der Waals surface area contributed by atoms with Crippen molar-refractivity contribution in [3.05, 3.63) is 64.1 Å². The molecule has 128 valence electrons. The van der Waals surface area contributed by atoms with Crippen LogP contribution in [0.3, 0.4) is 0 Å². The van der Waals surface area contributed by atoms with E-state index < -0.39 is 0 Å². The SMILES string of the molecule is COc1ccc(O)c(/C=C2\SC(=O)N(Cc3ccccc3C)C2=O)c1. The van der Waals surface area contributed by atoms with E-state index in [0.717, 1.165) is 22.9 Å². The monoisotopic (exact) mass is 355 g/mol. The molecule has 1 heterocycles. The lowest BCUT2D eigenvalue weighted by Gasteiger charge is -2.14. The van der Waals surface area contributed by atoms with E-state index >= 15 is 0 Å². The largest absolute Gasteiger partial charge is 0.507 e. The van der Waals surface area contributed by atoms with E-state index in [4.69, 9.17) is 4.74 Å². The molecule has 1 fully saturated rings. The predicted molar refractivity (Wildman–Crippen MR) is 97.4 cm³/mol. The van der Waals surface area contributed by atoms with Gasteiger partial charge in [0.25, 0.3) is 11.1 Å². The molecule has 2 amide bonds. The van der Waals surface area contributed by atoms with Crippen LogP contribution in [0.25, 0.3) is 6.08 Å². The number of hydrogen-bond donors (Lipinski definition) is 1. The van der Waals surface area contributed by atoms with E-state index in [0.29, 0.717) is 11.3 Å². The lowest BCUT2D eigenvalue weighted by molar-refractivity contribution is -0.123. The lowest BCUT2D eigenvalue weighted by atomic mass is 10.1. The Labute approximate surface area is 149 Å². The molecular weight excluding hydrogens is 338 g/mol. The lowest BCUT2D eigenvalue weighted by Crippen LogP contribution is -2.27. The van der Waals surface area contributed by atoms with Gasteiger partial charge in [-0.3, -0.25) is 14.5 Å². The first-order chi connectivity index (χ1) is 12.0. The highest BCUT2D eigenvalue weighted by Crippen LogP contribution is 2.35. The quantitative estimate of drug-likeness (QED) is 0.841. The molecule has 25 heavy (non-hydrogen) atoms. The Bertz CT molecular complexity index is 875. The van der Waals surface area contributed by atoms with Gasteiger partial charge in [0.15, 0.2) is 0 Å². The summed E-state index contributed by atoms with van der Waals surface area (Å²) < 4.78 is 5.13. The van der Waals surface area contributed by atoms with Crippen LogP contribution < -0.4 is 4.74 Å². The van der Waals surface area contributed by atoms with Gasteiger partial charge in [0.1, 0.15) is 11.5 Å². The van der Waals surface area contributed by atoms with E-state index in [1.54, 1.807) is 12.1 Å². The zero-order valence-corrected chi connectivity index (χ0v) is 14.7. The number of thioether (sulfide) groups is 1. The van der Waals surface area contributed by atoms with Gasteiger partial charge < -0.3 is 9.84 Å². The van der Waals surface area contributed by atoms with Gasteiger partial charge in [-0.15, -0.1) is 0 Å². The van der Waals surface area contributed by atoms with Gasteiger partial charge in [-0.2, -0.15) is 0 Å². The molecule has 0 saturated carbocycles. The Morgan fingerprint density at radius 3 is 2.68 bits per heavy atom. The number of aromatic hydroxyl groups is 1. The summed E-state index contributed by atoms with van der Waals surface area (Å²) in [6.07, 6.45) is 1.51. The molecule has 0 aromatic heterocycles. The smallest absolute Gasteiger partial charge is 0.293 e. The van der Waals surface area contributed by atoms with Gasteiger partial charge >= 0.3 is 0 Å². The number of benzene rings is 2. The molecule has 1 aliphatic rings. The van der Waals surface area contributed by atoms with Gasteiger partial charge in [0.2, 0.25) is 0 Å². The standard InChI is InChI=1S/C19H17NO4S/c1-12-5-3-4-6-13(12)11-20-18(22)17(25-19(20)23)10-14-9-15(24-2)7-8-16(14)21/h3-10,21H,11H2,1-2H3/b17-10-. The van der Waals surface area contributed by atoms with E-state index in [1.807, 2.05) is 31.2 Å². The summed E-state index contributed by atoms with van der Waals surface area (Å²) >= 11 is 0.871. The summed E-state index contributed by atoms with van der Waals surface area (Å²) in [5.74, 6) is 0.218. The Hall–Kier alpha value is -2.73. The van der Waals surface area contributed by atoms with Crippen LogP contribution in [0.5, 0.6) is 11.5 Å². The Morgan fingerprint density at radius 1 is 1.20 bits per heavy atom. The van der Waals surface area contributed by atoms with Crippen molar-refractivity contribution >= 4 is 29.0 Å². The van der Waals surface area contributed by atoms with Crippen LogP contribution in [0.4, 0.5) is 4.79 Å². The van der Waals surface area contributed by atoms with Crippen LogP contribution in [0.2, 0.25) is 0 Å². The number of aryl methyl sites for hydroxylation is 1. The molecule has 0 spiro atoms. The third-order valence-corrected chi connectivity index (χ3v) is 4.89. The first kappa shape index (κ1) is 17.1. The Morgan fingerprint density at radius 2 is 1.96 bits per heavy atom. The fourth-order valence-electron chi connectivity index (χ4n) is 2.51. The van der Waals surface area contributed by atoms with E-state index in [9.17, 15) is 14.7 Å². The van der Waals surface area contributed by atoms with Crippen molar-refractivity contribution in [2.45, 2.75) is 13.5 Å². The second kappa shape index (κ2) is 7.03. The number of methoxy groups -OCH3 is 1. The van der Waals surface area contributed by atoms with Crippen molar-refractivity contribution in [3.63, 3.8) is 0 Å². The Kier molecular flexibility index (Phi) is 4.81. The average molecular weight is 355 g/mol. The summed E-state index contributed by atoms with van der Waals surface area (Å²) in [4.78, 5) is 26.4. The Balaban J connectivity index is 1.87. The molecular formula is C19H17NO4S. The molecule has 1 N–H and O–H groups in total. The van der Waals surface area contributed by atoms with Crippen molar-refractivity contribution in [1.82, 2.24) is 4.90 Å². The molecule has 1 saturated heterocycles. The van der Waals surface area contributed by atoms with E-state index in [-0.39, 0.29) is 28.3 Å². The molecule has 5 nitrogen and oxygen atoms in total.